The van der Waals surface area contributed by atoms with E-state index in [1.807, 2.05) is 18.3 Å². The summed E-state index contributed by atoms with van der Waals surface area (Å²) < 4.78 is 13.2. The van der Waals surface area contributed by atoms with Crippen molar-refractivity contribution in [3.8, 4) is 11.5 Å². The lowest BCUT2D eigenvalue weighted by molar-refractivity contribution is 0.174. The first kappa shape index (κ1) is 18.4. The highest BCUT2D eigenvalue weighted by molar-refractivity contribution is 5.93. The molecule has 1 aromatic carbocycles. The van der Waals surface area contributed by atoms with Crippen LogP contribution in [-0.2, 0) is 13.1 Å². The van der Waals surface area contributed by atoms with Gasteiger partial charge in [0.15, 0.2) is 17.3 Å². The minimum Gasteiger partial charge on any atom is -0.454 e. The lowest BCUT2D eigenvalue weighted by atomic mass is 10.2. The number of benzene rings is 1. The van der Waals surface area contributed by atoms with E-state index < -0.39 is 0 Å². The Hall–Kier alpha value is -2.40. The van der Waals surface area contributed by atoms with Crippen molar-refractivity contribution in [2.24, 2.45) is 0 Å². The third-order valence-electron chi connectivity index (χ3n) is 4.89. The summed E-state index contributed by atoms with van der Waals surface area (Å²) in [5.41, 5.74) is 4.98. The molecule has 0 saturated heterocycles. The van der Waals surface area contributed by atoms with Crippen LogP contribution in [-0.4, -0.2) is 16.3 Å². The number of aryl methyl sites for hydroxylation is 2. The molecule has 3 aromatic rings. The number of hydrogen-bond donors (Lipinski definition) is 1. The van der Waals surface area contributed by atoms with Crippen LogP contribution in [0, 0.1) is 13.8 Å². The first-order chi connectivity index (χ1) is 12.2. The Morgan fingerprint density at radius 2 is 1.96 bits per heavy atom. The van der Waals surface area contributed by atoms with E-state index in [0.29, 0.717) is 13.3 Å². The maximum atomic E-state index is 5.46. The predicted molar refractivity (Wildman–Crippen MR) is 107 cm³/mol. The fourth-order valence-corrected chi connectivity index (χ4v) is 3.46. The van der Waals surface area contributed by atoms with E-state index in [1.54, 1.807) is 0 Å². The number of pyridine rings is 1. The quantitative estimate of drug-likeness (QED) is 0.696. The highest BCUT2D eigenvalue weighted by atomic mass is 35.5. The van der Waals surface area contributed by atoms with Gasteiger partial charge in [-0.2, -0.15) is 0 Å². The zero-order chi connectivity index (χ0) is 17.4. The molecule has 138 valence electrons. The summed E-state index contributed by atoms with van der Waals surface area (Å²) in [6.45, 7) is 8.57. The molecule has 0 bridgehead atoms. The largest absolute Gasteiger partial charge is 0.454 e. The maximum Gasteiger partial charge on any atom is 0.231 e. The van der Waals surface area contributed by atoms with Crippen molar-refractivity contribution in [1.82, 2.24) is 9.55 Å². The van der Waals surface area contributed by atoms with Crippen LogP contribution in [0.1, 0.15) is 30.2 Å². The monoisotopic (exact) mass is 373 g/mol. The SMILES string of the molecule is CCCn1c(C)c(C)c2ccnc(NCc3ccc4c(c3)OCO4)c21.Cl. The van der Waals surface area contributed by atoms with E-state index >= 15 is 0 Å². The number of aromatic nitrogens is 2. The first-order valence-electron chi connectivity index (χ1n) is 8.76. The van der Waals surface area contributed by atoms with Crippen molar-refractivity contribution < 1.29 is 9.47 Å². The Kier molecular flexibility index (Phi) is 5.28. The van der Waals surface area contributed by atoms with Gasteiger partial charge in [0.05, 0.1) is 5.52 Å². The van der Waals surface area contributed by atoms with Crippen LogP contribution in [0.15, 0.2) is 30.5 Å². The Bertz CT molecular complexity index is 936. The smallest absolute Gasteiger partial charge is 0.231 e. The van der Waals surface area contributed by atoms with E-state index in [4.69, 9.17) is 9.47 Å². The summed E-state index contributed by atoms with van der Waals surface area (Å²) >= 11 is 0. The fourth-order valence-electron chi connectivity index (χ4n) is 3.46. The standard InChI is InChI=1S/C20H23N3O2.ClH/c1-4-9-23-14(3)13(2)16-7-8-21-20(19(16)23)22-11-15-5-6-17-18(10-15)25-12-24-17;/h5-8,10H,4,9,11-12H2,1-3H3,(H,21,22);1H. The number of halogens is 1. The fraction of sp³-hybridized carbons (Fsp3) is 0.350. The third kappa shape index (κ3) is 3.07. The average Bonchev–Trinajstić information content (AvgIpc) is 3.19. The molecule has 0 aliphatic carbocycles. The summed E-state index contributed by atoms with van der Waals surface area (Å²) in [6.07, 6.45) is 2.98. The molecular formula is C20H24ClN3O2. The average molecular weight is 374 g/mol. The van der Waals surface area contributed by atoms with Crippen LogP contribution < -0.4 is 14.8 Å². The van der Waals surface area contributed by atoms with Crippen LogP contribution in [0.2, 0.25) is 0 Å². The lowest BCUT2D eigenvalue weighted by Crippen LogP contribution is -2.06. The van der Waals surface area contributed by atoms with Crippen LogP contribution in [0.4, 0.5) is 5.82 Å². The van der Waals surface area contributed by atoms with Gasteiger partial charge in [0, 0.05) is 30.4 Å². The van der Waals surface area contributed by atoms with Crippen molar-refractivity contribution >= 4 is 29.1 Å². The van der Waals surface area contributed by atoms with Crippen LogP contribution in [0.3, 0.4) is 0 Å². The third-order valence-corrected chi connectivity index (χ3v) is 4.89. The van der Waals surface area contributed by atoms with Crippen molar-refractivity contribution in [1.29, 1.82) is 0 Å². The van der Waals surface area contributed by atoms with Gasteiger partial charge in [0.1, 0.15) is 0 Å². The normalized spacial score (nSPS) is 12.3. The molecule has 3 heterocycles. The molecule has 0 saturated carbocycles. The van der Waals surface area contributed by atoms with Crippen molar-refractivity contribution in [3.05, 3.63) is 47.3 Å². The molecule has 0 amide bonds. The second kappa shape index (κ2) is 7.46. The highest BCUT2D eigenvalue weighted by Gasteiger charge is 2.16. The van der Waals surface area contributed by atoms with Gasteiger partial charge in [-0.3, -0.25) is 0 Å². The van der Waals surface area contributed by atoms with Gasteiger partial charge < -0.3 is 19.4 Å². The van der Waals surface area contributed by atoms with E-state index in [-0.39, 0.29) is 12.4 Å². The molecule has 26 heavy (non-hydrogen) atoms. The summed E-state index contributed by atoms with van der Waals surface area (Å²) in [4.78, 5) is 4.60. The number of anilines is 1. The molecule has 6 heteroatoms. The number of nitrogens with one attached hydrogen (secondary N) is 1. The van der Waals surface area contributed by atoms with Crippen LogP contribution >= 0.6 is 12.4 Å². The predicted octanol–water partition coefficient (Wildman–Crippen LogP) is 4.83. The number of nitrogens with zero attached hydrogens (tertiary/aromatic N) is 2. The molecule has 1 N–H and O–H groups in total. The van der Waals surface area contributed by atoms with Crippen LogP contribution in [0.5, 0.6) is 11.5 Å². The molecule has 0 radical (unpaired) electrons. The van der Waals surface area contributed by atoms with E-state index in [2.05, 4.69) is 47.8 Å². The maximum absolute atomic E-state index is 5.46. The second-order valence-electron chi connectivity index (χ2n) is 6.46. The minimum atomic E-state index is 0. The zero-order valence-electron chi connectivity index (χ0n) is 15.3. The van der Waals surface area contributed by atoms with Gasteiger partial charge in [0.25, 0.3) is 0 Å². The molecule has 0 fully saturated rings. The molecule has 4 rings (SSSR count). The van der Waals surface area contributed by atoms with Crippen molar-refractivity contribution in [2.45, 2.75) is 40.3 Å². The molecule has 0 spiro atoms. The van der Waals surface area contributed by atoms with Gasteiger partial charge in [-0.15, -0.1) is 12.4 Å². The van der Waals surface area contributed by atoms with Gasteiger partial charge >= 0.3 is 0 Å². The Labute approximate surface area is 159 Å². The summed E-state index contributed by atoms with van der Waals surface area (Å²) in [5, 5.41) is 4.78. The lowest BCUT2D eigenvalue weighted by Gasteiger charge is -2.12. The molecule has 0 unspecified atom stereocenters. The zero-order valence-corrected chi connectivity index (χ0v) is 16.2. The first-order valence-corrected chi connectivity index (χ1v) is 8.76. The summed E-state index contributed by atoms with van der Waals surface area (Å²) in [6, 6.07) is 8.15. The van der Waals surface area contributed by atoms with Gasteiger partial charge in [-0.1, -0.05) is 13.0 Å². The topological polar surface area (TPSA) is 48.3 Å². The molecule has 2 aromatic heterocycles. The Balaban J connectivity index is 0.00000196. The Morgan fingerprint density at radius 1 is 1.15 bits per heavy atom. The second-order valence-corrected chi connectivity index (χ2v) is 6.46. The van der Waals surface area contributed by atoms with Gasteiger partial charge in [-0.05, 0) is 49.6 Å². The minimum absolute atomic E-state index is 0. The van der Waals surface area contributed by atoms with Gasteiger partial charge in [-0.25, -0.2) is 4.98 Å². The van der Waals surface area contributed by atoms with E-state index in [9.17, 15) is 0 Å². The molecular weight excluding hydrogens is 350 g/mol. The summed E-state index contributed by atoms with van der Waals surface area (Å²) in [5.74, 6) is 2.55. The van der Waals surface area contributed by atoms with E-state index in [1.165, 1.54) is 22.2 Å². The van der Waals surface area contributed by atoms with Gasteiger partial charge in [0.2, 0.25) is 6.79 Å². The Morgan fingerprint density at radius 3 is 2.77 bits per heavy atom. The van der Waals surface area contributed by atoms with Crippen LogP contribution in [0.25, 0.3) is 10.9 Å². The van der Waals surface area contributed by atoms with E-state index in [0.717, 1.165) is 35.8 Å². The number of hydrogen-bond acceptors (Lipinski definition) is 4. The number of fused-ring (bicyclic) bond motifs is 2. The summed E-state index contributed by atoms with van der Waals surface area (Å²) in [7, 11) is 0. The number of ether oxygens (including phenoxy) is 2. The molecule has 0 atom stereocenters. The van der Waals surface area contributed by atoms with Crippen molar-refractivity contribution in [3.63, 3.8) is 0 Å². The molecule has 5 nitrogen and oxygen atoms in total. The van der Waals surface area contributed by atoms with Crippen molar-refractivity contribution in [2.75, 3.05) is 12.1 Å². The molecule has 1 aliphatic heterocycles. The highest BCUT2D eigenvalue weighted by Crippen LogP contribution is 2.33. The molecule has 1 aliphatic rings. The number of rotatable bonds is 5.